The number of allylic oxidation sites excluding steroid dienone is 2. The van der Waals surface area contributed by atoms with Crippen LogP contribution in [0.5, 0.6) is 0 Å². The summed E-state index contributed by atoms with van der Waals surface area (Å²) >= 11 is 1.59. The lowest BCUT2D eigenvalue weighted by molar-refractivity contribution is -0.143. The summed E-state index contributed by atoms with van der Waals surface area (Å²) in [6.45, 7) is 6.84. The normalized spacial score (nSPS) is 15.7. The Bertz CT molecular complexity index is 1050. The minimum absolute atomic E-state index is 0.566. The molecule has 0 fully saturated rings. The molecule has 3 aromatic rings. The Kier molecular flexibility index (Phi) is 4.38. The van der Waals surface area contributed by atoms with Gasteiger partial charge in [-0.1, -0.05) is 19.1 Å². The number of nitrogens with zero attached hydrogens (tertiary/aromatic N) is 3. The lowest BCUT2D eigenvalue weighted by Gasteiger charge is -2.22. The van der Waals surface area contributed by atoms with Crippen molar-refractivity contribution in [1.82, 2.24) is 14.5 Å². The number of rotatable bonds is 5. The molecule has 0 saturated heterocycles. The van der Waals surface area contributed by atoms with Crippen LogP contribution in [0.25, 0.3) is 11.2 Å². The van der Waals surface area contributed by atoms with Gasteiger partial charge in [-0.05, 0) is 50.5 Å². The number of carboxylic acid groups (broad SMARTS) is 1. The number of aromatic nitrogens is 3. The molecule has 6 heteroatoms. The van der Waals surface area contributed by atoms with Crippen LogP contribution < -0.4 is 0 Å². The van der Waals surface area contributed by atoms with Crippen LogP contribution in [0.4, 0.5) is 0 Å². The molecule has 0 aromatic carbocycles. The molecule has 27 heavy (non-hydrogen) atoms. The van der Waals surface area contributed by atoms with Crippen molar-refractivity contribution < 1.29 is 9.90 Å². The molecule has 3 aromatic heterocycles. The third kappa shape index (κ3) is 2.88. The van der Waals surface area contributed by atoms with Gasteiger partial charge in [0.2, 0.25) is 0 Å². The third-order valence-electron chi connectivity index (χ3n) is 5.37. The predicted octanol–water partition coefficient (Wildman–Crippen LogP) is 4.39. The van der Waals surface area contributed by atoms with Gasteiger partial charge >= 0.3 is 5.97 Å². The van der Waals surface area contributed by atoms with Crippen LogP contribution in [0.1, 0.15) is 46.6 Å². The molecule has 4 rings (SSSR count). The fourth-order valence-electron chi connectivity index (χ4n) is 3.89. The molecule has 140 valence electrons. The number of imidazole rings is 1. The molecule has 1 aliphatic rings. The minimum atomic E-state index is -0.793. The molecular weight excluding hydrogens is 358 g/mol. The minimum Gasteiger partial charge on any atom is -0.481 e. The molecule has 0 atom stereocenters. The fourth-order valence-corrected chi connectivity index (χ4v) is 5.09. The fraction of sp³-hybridized carbons (Fsp3) is 0.381. The first-order valence-electron chi connectivity index (χ1n) is 9.25. The number of carbonyl (C=O) groups is 1. The smallest absolute Gasteiger partial charge is 0.315 e. The average molecular weight is 382 g/mol. The van der Waals surface area contributed by atoms with E-state index in [1.807, 2.05) is 25.1 Å². The van der Waals surface area contributed by atoms with E-state index >= 15 is 0 Å². The molecule has 0 amide bonds. The first-order valence-corrected chi connectivity index (χ1v) is 10.1. The van der Waals surface area contributed by atoms with E-state index in [-0.39, 0.29) is 0 Å². The zero-order valence-corrected chi connectivity index (χ0v) is 16.6. The Hall–Kier alpha value is -2.47. The van der Waals surface area contributed by atoms with Crippen molar-refractivity contribution in [3.63, 3.8) is 0 Å². The zero-order valence-electron chi connectivity index (χ0n) is 15.8. The topological polar surface area (TPSA) is 68.0 Å². The van der Waals surface area contributed by atoms with Gasteiger partial charge < -0.3 is 9.67 Å². The maximum atomic E-state index is 11.9. The number of aliphatic carboxylic acids is 1. The van der Waals surface area contributed by atoms with E-state index in [0.29, 0.717) is 19.4 Å². The van der Waals surface area contributed by atoms with Gasteiger partial charge in [0, 0.05) is 21.9 Å². The number of thiophene rings is 1. The Morgan fingerprint density at radius 1 is 1.26 bits per heavy atom. The Labute approximate surface area is 162 Å². The molecule has 0 saturated carbocycles. The van der Waals surface area contributed by atoms with Crippen molar-refractivity contribution in [1.29, 1.82) is 0 Å². The molecule has 5 nitrogen and oxygen atoms in total. The summed E-state index contributed by atoms with van der Waals surface area (Å²) in [6.07, 6.45) is 5.91. The van der Waals surface area contributed by atoms with Gasteiger partial charge in [-0.15, -0.1) is 11.3 Å². The van der Waals surface area contributed by atoms with Crippen molar-refractivity contribution in [3.05, 3.63) is 57.2 Å². The molecule has 0 unspecified atom stereocenters. The quantitative estimate of drug-likeness (QED) is 0.666. The van der Waals surface area contributed by atoms with Crippen molar-refractivity contribution >= 4 is 28.5 Å². The largest absolute Gasteiger partial charge is 0.481 e. The molecule has 0 bridgehead atoms. The molecule has 0 radical (unpaired) electrons. The lowest BCUT2D eigenvalue weighted by atomic mass is 9.84. The Balaban J connectivity index is 1.74. The second-order valence-corrected chi connectivity index (χ2v) is 8.42. The second-order valence-electron chi connectivity index (χ2n) is 7.25. The highest BCUT2D eigenvalue weighted by Crippen LogP contribution is 2.41. The SMILES string of the molecule is CCc1nc2c(C)cc(C)nc2n1Cc1ccc(C2(C(=O)O)CC=CC2)s1. The van der Waals surface area contributed by atoms with Gasteiger partial charge in [0.25, 0.3) is 0 Å². The van der Waals surface area contributed by atoms with Crippen molar-refractivity contribution in [2.45, 2.75) is 52.0 Å². The summed E-state index contributed by atoms with van der Waals surface area (Å²) in [5.74, 6) is 0.271. The maximum absolute atomic E-state index is 11.9. The Morgan fingerprint density at radius 2 is 2.00 bits per heavy atom. The Morgan fingerprint density at radius 3 is 2.67 bits per heavy atom. The van der Waals surface area contributed by atoms with Gasteiger partial charge in [0.1, 0.15) is 16.8 Å². The van der Waals surface area contributed by atoms with Crippen LogP contribution in [0.3, 0.4) is 0 Å². The highest BCUT2D eigenvalue weighted by Gasteiger charge is 2.42. The number of fused-ring (bicyclic) bond motifs is 1. The summed E-state index contributed by atoms with van der Waals surface area (Å²) in [5, 5.41) is 9.81. The van der Waals surface area contributed by atoms with Gasteiger partial charge in [0.15, 0.2) is 5.65 Å². The van der Waals surface area contributed by atoms with E-state index in [2.05, 4.69) is 30.5 Å². The standard InChI is InChI=1S/C21H23N3O2S/c1-4-17-23-18-13(2)11-14(3)22-19(18)24(17)12-15-7-8-16(27-15)21(20(25)26)9-5-6-10-21/h5-8,11H,4,9-10,12H2,1-3H3,(H,25,26). The highest BCUT2D eigenvalue weighted by atomic mass is 32.1. The number of carboxylic acids is 1. The van der Waals surface area contributed by atoms with E-state index in [0.717, 1.165) is 44.4 Å². The van der Waals surface area contributed by atoms with Crippen LogP contribution in [0, 0.1) is 13.8 Å². The molecule has 3 heterocycles. The number of hydrogen-bond acceptors (Lipinski definition) is 4. The first kappa shape index (κ1) is 17.9. The summed E-state index contributed by atoms with van der Waals surface area (Å²) in [6, 6.07) is 6.10. The van der Waals surface area contributed by atoms with Crippen LogP contribution in [-0.4, -0.2) is 25.6 Å². The predicted molar refractivity (Wildman–Crippen MR) is 107 cm³/mol. The van der Waals surface area contributed by atoms with Crippen LogP contribution >= 0.6 is 11.3 Å². The number of aryl methyl sites for hydroxylation is 3. The first-order chi connectivity index (χ1) is 12.9. The lowest BCUT2D eigenvalue weighted by Crippen LogP contribution is -2.31. The van der Waals surface area contributed by atoms with Gasteiger partial charge in [-0.2, -0.15) is 0 Å². The summed E-state index contributed by atoms with van der Waals surface area (Å²) in [5.41, 5.74) is 3.20. The zero-order chi connectivity index (χ0) is 19.2. The second kappa shape index (κ2) is 6.60. The van der Waals surface area contributed by atoms with E-state index in [1.165, 1.54) is 0 Å². The molecule has 1 aliphatic carbocycles. The van der Waals surface area contributed by atoms with Crippen LogP contribution in [0.2, 0.25) is 0 Å². The van der Waals surface area contributed by atoms with E-state index < -0.39 is 11.4 Å². The molecule has 0 aliphatic heterocycles. The van der Waals surface area contributed by atoms with Crippen molar-refractivity contribution in [2.75, 3.05) is 0 Å². The summed E-state index contributed by atoms with van der Waals surface area (Å²) in [4.78, 5) is 23.5. The van der Waals surface area contributed by atoms with Crippen molar-refractivity contribution in [3.8, 4) is 0 Å². The third-order valence-corrected chi connectivity index (χ3v) is 6.65. The molecule has 0 spiro atoms. The summed E-state index contributed by atoms with van der Waals surface area (Å²) in [7, 11) is 0. The van der Waals surface area contributed by atoms with E-state index in [1.54, 1.807) is 11.3 Å². The van der Waals surface area contributed by atoms with E-state index in [9.17, 15) is 9.90 Å². The highest BCUT2D eigenvalue weighted by molar-refractivity contribution is 7.12. The molecular formula is C21H23N3O2S. The number of pyridine rings is 1. The van der Waals surface area contributed by atoms with E-state index in [4.69, 9.17) is 9.97 Å². The number of hydrogen-bond donors (Lipinski definition) is 1. The average Bonchev–Trinajstić information content (AvgIpc) is 3.34. The van der Waals surface area contributed by atoms with Gasteiger partial charge in [-0.3, -0.25) is 4.79 Å². The summed E-state index contributed by atoms with van der Waals surface area (Å²) < 4.78 is 2.17. The maximum Gasteiger partial charge on any atom is 0.315 e. The van der Waals surface area contributed by atoms with Gasteiger partial charge in [0.05, 0.1) is 6.54 Å². The van der Waals surface area contributed by atoms with Crippen LogP contribution in [0.15, 0.2) is 30.4 Å². The van der Waals surface area contributed by atoms with Crippen LogP contribution in [-0.2, 0) is 23.2 Å². The molecule has 1 N–H and O–H groups in total. The van der Waals surface area contributed by atoms with Gasteiger partial charge in [-0.25, -0.2) is 9.97 Å². The van der Waals surface area contributed by atoms with Crippen molar-refractivity contribution in [2.24, 2.45) is 0 Å². The monoisotopic (exact) mass is 381 g/mol.